The van der Waals surface area contributed by atoms with Crippen LogP contribution in [0.25, 0.3) is 0 Å². The molecule has 0 saturated carbocycles. The van der Waals surface area contributed by atoms with Crippen LogP contribution in [0.5, 0.6) is 0 Å². The molecule has 1 nitrogen and oxygen atoms in total. The van der Waals surface area contributed by atoms with Gasteiger partial charge in [0.1, 0.15) is 0 Å². The van der Waals surface area contributed by atoms with Gasteiger partial charge in [-0.25, -0.2) is 0 Å². The summed E-state index contributed by atoms with van der Waals surface area (Å²) >= 11 is 0. The molecule has 0 rings (SSSR count). The van der Waals surface area contributed by atoms with Crippen LogP contribution in [0, 0.1) is 5.92 Å². The van der Waals surface area contributed by atoms with E-state index in [2.05, 4.69) is 33.5 Å². The van der Waals surface area contributed by atoms with Crippen molar-refractivity contribution in [2.75, 3.05) is 0 Å². The van der Waals surface area contributed by atoms with Crippen LogP contribution in [0.4, 0.5) is 0 Å². The zero-order valence-corrected chi connectivity index (χ0v) is 9.65. The summed E-state index contributed by atoms with van der Waals surface area (Å²) in [6.45, 7) is 11.6. The molecule has 11 heavy (non-hydrogen) atoms. The molecule has 0 aliphatic carbocycles. The Balaban J connectivity index is 3.91. The lowest BCUT2D eigenvalue weighted by molar-refractivity contribution is 0.492. The second-order valence-electron chi connectivity index (χ2n) is 4.66. The van der Waals surface area contributed by atoms with Gasteiger partial charge in [-0.1, -0.05) is 39.9 Å². The molecule has 0 saturated heterocycles. The number of hydrogen-bond acceptors (Lipinski definition) is 1. The van der Waals surface area contributed by atoms with Crippen LogP contribution in [0.15, 0.2) is 0 Å². The minimum atomic E-state index is -1.08. The van der Waals surface area contributed by atoms with Gasteiger partial charge in [0.15, 0.2) is 0 Å². The Morgan fingerprint density at radius 1 is 1.27 bits per heavy atom. The van der Waals surface area contributed by atoms with Crippen LogP contribution in [0.3, 0.4) is 0 Å². The lowest BCUT2D eigenvalue weighted by Gasteiger charge is -2.30. The van der Waals surface area contributed by atoms with Crippen molar-refractivity contribution in [1.82, 2.24) is 0 Å². The van der Waals surface area contributed by atoms with Crippen molar-refractivity contribution in [2.24, 2.45) is 11.7 Å². The molecular weight excluding hydrogens is 150 g/mol. The molecule has 0 aliphatic heterocycles. The van der Waals surface area contributed by atoms with Gasteiger partial charge in [-0.15, -0.1) is 0 Å². The van der Waals surface area contributed by atoms with Gasteiger partial charge in [0.2, 0.25) is 0 Å². The first-order valence-corrected chi connectivity index (χ1v) is 8.23. The zero-order chi connectivity index (χ0) is 9.07. The standard InChI is InChI=1S/C9H23NSi/c1-6-7-8(2)9(10)11(3,4)5/h8-9H,6-7,10H2,1-5H3. The van der Waals surface area contributed by atoms with E-state index >= 15 is 0 Å². The maximum Gasteiger partial charge on any atom is 0.0635 e. The third-order valence-corrected chi connectivity index (χ3v) is 4.93. The molecular formula is C9H23NSi. The van der Waals surface area contributed by atoms with E-state index < -0.39 is 8.07 Å². The lowest BCUT2D eigenvalue weighted by Crippen LogP contribution is -2.49. The SMILES string of the molecule is CCCC(C)C(N)[Si](C)(C)C. The summed E-state index contributed by atoms with van der Waals surface area (Å²) in [4.78, 5) is 0. The Kier molecular flexibility index (Phi) is 4.33. The van der Waals surface area contributed by atoms with E-state index in [0.717, 1.165) is 0 Å². The molecule has 2 heteroatoms. The fourth-order valence-electron chi connectivity index (χ4n) is 1.49. The monoisotopic (exact) mass is 173 g/mol. The maximum atomic E-state index is 6.14. The molecule has 0 aliphatic rings. The van der Waals surface area contributed by atoms with Crippen molar-refractivity contribution in [2.45, 2.75) is 52.0 Å². The second-order valence-corrected chi connectivity index (χ2v) is 10.1. The Morgan fingerprint density at radius 3 is 2.00 bits per heavy atom. The Labute approximate surface area is 72.4 Å². The highest BCUT2D eigenvalue weighted by atomic mass is 28.3. The highest BCUT2D eigenvalue weighted by Crippen LogP contribution is 2.17. The molecule has 0 aromatic carbocycles. The van der Waals surface area contributed by atoms with E-state index in [1.807, 2.05) is 0 Å². The molecule has 2 atom stereocenters. The van der Waals surface area contributed by atoms with Gasteiger partial charge in [-0.3, -0.25) is 0 Å². The zero-order valence-electron chi connectivity index (χ0n) is 8.65. The molecule has 0 heterocycles. The molecule has 2 unspecified atom stereocenters. The first kappa shape index (κ1) is 11.2. The summed E-state index contributed by atoms with van der Waals surface area (Å²) in [5, 5.41) is 0. The fourth-order valence-corrected chi connectivity index (χ4v) is 3.36. The fraction of sp³-hybridized carbons (Fsp3) is 1.00. The summed E-state index contributed by atoms with van der Waals surface area (Å²) in [5.41, 5.74) is 6.62. The summed E-state index contributed by atoms with van der Waals surface area (Å²) in [6, 6.07) is 0. The Hall–Kier alpha value is 0.177. The Bertz CT molecular complexity index is 107. The van der Waals surface area contributed by atoms with Crippen molar-refractivity contribution in [3.05, 3.63) is 0 Å². The minimum Gasteiger partial charge on any atom is -0.330 e. The largest absolute Gasteiger partial charge is 0.330 e. The first-order chi connectivity index (χ1) is 4.89. The average Bonchev–Trinajstić information content (AvgIpc) is 1.85. The summed E-state index contributed by atoms with van der Waals surface area (Å²) in [6.07, 6.45) is 2.55. The average molecular weight is 173 g/mol. The van der Waals surface area contributed by atoms with E-state index in [0.29, 0.717) is 11.6 Å². The number of rotatable bonds is 4. The van der Waals surface area contributed by atoms with Crippen LogP contribution in [0.1, 0.15) is 26.7 Å². The molecule has 0 spiro atoms. The molecule has 0 bridgehead atoms. The lowest BCUT2D eigenvalue weighted by atomic mass is 10.1. The number of hydrogen-bond donors (Lipinski definition) is 1. The van der Waals surface area contributed by atoms with Crippen molar-refractivity contribution in [1.29, 1.82) is 0 Å². The maximum absolute atomic E-state index is 6.14. The Morgan fingerprint density at radius 2 is 1.73 bits per heavy atom. The molecule has 2 N–H and O–H groups in total. The molecule has 0 aromatic rings. The van der Waals surface area contributed by atoms with Crippen molar-refractivity contribution in [3.8, 4) is 0 Å². The number of nitrogens with two attached hydrogens (primary N) is 1. The minimum absolute atomic E-state index is 0.474. The van der Waals surface area contributed by atoms with Gasteiger partial charge in [0.05, 0.1) is 8.07 Å². The highest BCUT2D eigenvalue weighted by molar-refractivity contribution is 6.77. The predicted molar refractivity (Wildman–Crippen MR) is 55.4 cm³/mol. The van der Waals surface area contributed by atoms with Crippen molar-refractivity contribution < 1.29 is 0 Å². The van der Waals surface area contributed by atoms with E-state index in [4.69, 9.17) is 5.73 Å². The molecule has 0 fully saturated rings. The van der Waals surface area contributed by atoms with Crippen LogP contribution >= 0.6 is 0 Å². The summed E-state index contributed by atoms with van der Waals surface area (Å²) in [5.74, 6) is 0.715. The third kappa shape index (κ3) is 3.92. The van der Waals surface area contributed by atoms with Crippen molar-refractivity contribution >= 4 is 8.07 Å². The van der Waals surface area contributed by atoms with Gasteiger partial charge in [-0.2, -0.15) is 0 Å². The van der Waals surface area contributed by atoms with Gasteiger partial charge < -0.3 is 5.73 Å². The van der Waals surface area contributed by atoms with Gasteiger partial charge in [-0.05, 0) is 18.0 Å². The van der Waals surface area contributed by atoms with Gasteiger partial charge >= 0.3 is 0 Å². The van der Waals surface area contributed by atoms with Crippen LogP contribution in [-0.2, 0) is 0 Å². The second kappa shape index (κ2) is 4.26. The van der Waals surface area contributed by atoms with Crippen LogP contribution in [-0.4, -0.2) is 13.7 Å². The van der Waals surface area contributed by atoms with Gasteiger partial charge in [0.25, 0.3) is 0 Å². The van der Waals surface area contributed by atoms with E-state index in [1.165, 1.54) is 12.8 Å². The summed E-state index contributed by atoms with van der Waals surface area (Å²) in [7, 11) is -1.08. The topological polar surface area (TPSA) is 26.0 Å². The quantitative estimate of drug-likeness (QED) is 0.650. The third-order valence-electron chi connectivity index (χ3n) is 2.36. The summed E-state index contributed by atoms with van der Waals surface area (Å²) < 4.78 is 0. The first-order valence-electron chi connectivity index (χ1n) is 4.65. The normalized spacial score (nSPS) is 18.0. The molecule has 0 aromatic heterocycles. The molecule has 68 valence electrons. The highest BCUT2D eigenvalue weighted by Gasteiger charge is 2.26. The molecule has 0 amide bonds. The van der Waals surface area contributed by atoms with Crippen molar-refractivity contribution in [3.63, 3.8) is 0 Å². The van der Waals surface area contributed by atoms with E-state index in [-0.39, 0.29) is 0 Å². The molecule has 0 radical (unpaired) electrons. The predicted octanol–water partition coefficient (Wildman–Crippen LogP) is 2.63. The smallest absolute Gasteiger partial charge is 0.0635 e. The van der Waals surface area contributed by atoms with Gasteiger partial charge in [0, 0.05) is 0 Å². The van der Waals surface area contributed by atoms with E-state index in [1.54, 1.807) is 0 Å². The van der Waals surface area contributed by atoms with E-state index in [9.17, 15) is 0 Å². The van der Waals surface area contributed by atoms with Crippen LogP contribution in [0.2, 0.25) is 19.6 Å². The van der Waals surface area contributed by atoms with Crippen LogP contribution < -0.4 is 5.73 Å².